The molecule has 0 atom stereocenters. The molecular formula is C30H34SiZr-4. The number of aryl methyl sites for hydroxylation is 2. The number of hydrogen-bond donors (Lipinski definition) is 0. The van der Waals surface area contributed by atoms with Crippen LogP contribution in [0.3, 0.4) is 0 Å². The number of benzene rings is 3. The van der Waals surface area contributed by atoms with Gasteiger partial charge in [-0.1, -0.05) is 88.5 Å². The first-order valence-corrected chi connectivity index (χ1v) is 14.9. The van der Waals surface area contributed by atoms with E-state index < -0.39 is 0 Å². The molecule has 0 aliphatic heterocycles. The third-order valence-electron chi connectivity index (χ3n) is 5.68. The summed E-state index contributed by atoms with van der Waals surface area (Å²) < 4.78 is 0. The normalized spacial score (nSPS) is 9.66. The molecule has 166 valence electrons. The molecule has 0 bridgehead atoms. The van der Waals surface area contributed by atoms with Gasteiger partial charge in [0.2, 0.25) is 0 Å². The van der Waals surface area contributed by atoms with E-state index in [4.69, 9.17) is 0 Å². The molecule has 0 nitrogen and oxygen atoms in total. The molecule has 0 aliphatic carbocycles. The molecule has 0 aliphatic rings. The van der Waals surface area contributed by atoms with Crippen LogP contribution in [0.2, 0.25) is 0 Å². The first-order valence-electron chi connectivity index (χ1n) is 10.7. The Labute approximate surface area is 212 Å². The summed E-state index contributed by atoms with van der Waals surface area (Å²) in [6.07, 6.45) is 1.00. The summed E-state index contributed by atoms with van der Waals surface area (Å²) in [7, 11) is 0. The van der Waals surface area contributed by atoms with E-state index in [1.807, 2.05) is 6.92 Å². The fourth-order valence-corrected chi connectivity index (χ4v) is 3.86. The Kier molecular flexibility index (Phi) is 12.1. The number of hydrogen-bond acceptors (Lipinski definition) is 0. The smallest absolute Gasteiger partial charge is 0.0333 e. The minimum absolute atomic E-state index is 0. The average Bonchev–Trinajstić information content (AvgIpc) is 3.29. The quantitative estimate of drug-likeness (QED) is 0.143. The molecule has 0 fully saturated rings. The van der Waals surface area contributed by atoms with Crippen molar-refractivity contribution in [2.45, 2.75) is 41.0 Å². The molecule has 0 amide bonds. The van der Waals surface area contributed by atoms with Gasteiger partial charge in [0.1, 0.15) is 0 Å². The van der Waals surface area contributed by atoms with Crippen molar-refractivity contribution in [3.63, 3.8) is 0 Å². The molecule has 0 N–H and O–H groups in total. The van der Waals surface area contributed by atoms with Crippen molar-refractivity contribution < 1.29 is 23.3 Å². The summed E-state index contributed by atoms with van der Waals surface area (Å²) in [6, 6.07) is 26.2. The Bertz CT molecular complexity index is 1230. The Morgan fingerprint density at radius 2 is 1.22 bits per heavy atom. The summed E-state index contributed by atoms with van der Waals surface area (Å²) >= 11 is 1.36. The Morgan fingerprint density at radius 1 is 0.719 bits per heavy atom. The van der Waals surface area contributed by atoms with Crippen LogP contribution in [-0.2, 0) is 23.3 Å². The van der Waals surface area contributed by atoms with Gasteiger partial charge in [0.05, 0.1) is 0 Å². The van der Waals surface area contributed by atoms with E-state index in [1.54, 1.807) is 0 Å². The first kappa shape index (κ1) is 28.3. The molecule has 5 rings (SSSR count). The summed E-state index contributed by atoms with van der Waals surface area (Å²) in [6.45, 7) is 17.2. The van der Waals surface area contributed by atoms with Gasteiger partial charge >= 0.3 is 30.2 Å². The van der Waals surface area contributed by atoms with E-state index in [0.29, 0.717) is 0 Å². The predicted octanol–water partition coefficient (Wildman–Crippen LogP) is 8.80. The van der Waals surface area contributed by atoms with E-state index in [-0.39, 0.29) is 7.43 Å². The van der Waals surface area contributed by atoms with Crippen molar-refractivity contribution in [3.05, 3.63) is 109 Å². The molecular weight excluding hydrogens is 480 g/mol. The molecule has 0 saturated heterocycles. The fraction of sp³-hybridized carbons (Fsp3) is 0.200. The zero-order valence-corrected chi connectivity index (χ0v) is 23.8. The first-order chi connectivity index (χ1) is 15.0. The maximum absolute atomic E-state index is 3.49. The zero-order chi connectivity index (χ0) is 23.0. The topological polar surface area (TPSA) is 0 Å². The Hall–Kier alpha value is -1.76. The van der Waals surface area contributed by atoms with Gasteiger partial charge in [-0.2, -0.15) is 34.7 Å². The van der Waals surface area contributed by atoms with Crippen LogP contribution in [-0.4, -0.2) is 6.88 Å². The number of fused-ring (bicyclic) bond motifs is 5. The van der Waals surface area contributed by atoms with E-state index in [1.165, 1.54) is 77.9 Å². The van der Waals surface area contributed by atoms with Crippen LogP contribution in [0.25, 0.3) is 32.3 Å². The SMILES string of the molecule is Cc1[cH-]c(C)c(C)c1C.[CH2-]CC.[CH3-].[Si]=[Zr].c1ccc2c(c1)ccc1[cH-]c3ccccc3c12. The van der Waals surface area contributed by atoms with Gasteiger partial charge in [0, 0.05) is 0 Å². The van der Waals surface area contributed by atoms with Crippen LogP contribution in [0, 0.1) is 42.0 Å². The largest absolute Gasteiger partial charge is 0.126 e. The van der Waals surface area contributed by atoms with E-state index in [0.717, 1.165) is 6.42 Å². The van der Waals surface area contributed by atoms with Crippen molar-refractivity contribution in [2.75, 3.05) is 0 Å². The summed E-state index contributed by atoms with van der Waals surface area (Å²) in [5.74, 6) is 0. The second kappa shape index (κ2) is 13.7. The maximum Gasteiger partial charge on any atom is -0.0333 e. The van der Waals surface area contributed by atoms with Gasteiger partial charge in [-0.3, -0.25) is 0 Å². The van der Waals surface area contributed by atoms with Crippen LogP contribution in [0.15, 0.2) is 72.8 Å². The molecule has 0 aromatic heterocycles. The van der Waals surface area contributed by atoms with Gasteiger partial charge in [-0.25, -0.2) is 0 Å². The molecule has 5 aromatic rings. The second-order valence-corrected chi connectivity index (χ2v) is 7.74. The van der Waals surface area contributed by atoms with Gasteiger partial charge in [-0.05, 0) is 5.39 Å². The van der Waals surface area contributed by atoms with Crippen molar-refractivity contribution in [2.24, 2.45) is 0 Å². The van der Waals surface area contributed by atoms with Gasteiger partial charge < -0.3 is 14.4 Å². The van der Waals surface area contributed by atoms with Crippen LogP contribution in [0.1, 0.15) is 35.6 Å². The summed E-state index contributed by atoms with van der Waals surface area (Å²) in [4.78, 5) is 0. The van der Waals surface area contributed by atoms with Gasteiger partial charge in [0.25, 0.3) is 0 Å². The van der Waals surface area contributed by atoms with E-state index >= 15 is 0 Å². The maximum atomic E-state index is 3.49. The van der Waals surface area contributed by atoms with Crippen LogP contribution in [0.4, 0.5) is 0 Å². The Morgan fingerprint density at radius 3 is 1.75 bits per heavy atom. The minimum Gasteiger partial charge on any atom is -0.126 e. The molecule has 0 unspecified atom stereocenters. The van der Waals surface area contributed by atoms with E-state index in [9.17, 15) is 0 Å². The van der Waals surface area contributed by atoms with Crippen LogP contribution in [0.5, 0.6) is 0 Å². The molecule has 0 spiro atoms. The van der Waals surface area contributed by atoms with Crippen molar-refractivity contribution in [1.29, 1.82) is 0 Å². The Balaban J connectivity index is 0.000000292. The standard InChI is InChI=1S/C17H11.C9H13.C3H7.CH3.Si.Zr/c1-3-7-15-12(5-1)9-10-14-11-13-6-2-4-8-16(13)17(14)15;1-6-5-7(2)9(4)8(6)3;1-3-2;;;/h1-11H;5H,1-4H3;1,3H2,2H3;1H3;;/q4*-1;;. The van der Waals surface area contributed by atoms with Crippen molar-refractivity contribution >= 4 is 39.2 Å². The molecule has 5 aromatic carbocycles. The second-order valence-electron chi connectivity index (χ2n) is 7.74. The fourth-order valence-electron chi connectivity index (χ4n) is 3.86. The minimum atomic E-state index is 0. The number of rotatable bonds is 0. The third kappa shape index (κ3) is 6.40. The monoisotopic (exact) mass is 512 g/mol. The van der Waals surface area contributed by atoms with Crippen LogP contribution >= 0.6 is 0 Å². The molecule has 2 radical (unpaired) electrons. The summed E-state index contributed by atoms with van der Waals surface area (Å²) in [5, 5.41) is 8.09. The van der Waals surface area contributed by atoms with Crippen LogP contribution < -0.4 is 0 Å². The van der Waals surface area contributed by atoms with Gasteiger partial charge in [-0.15, -0.1) is 39.7 Å². The molecule has 32 heavy (non-hydrogen) atoms. The summed E-state index contributed by atoms with van der Waals surface area (Å²) in [5.41, 5.74) is 5.75. The van der Waals surface area contributed by atoms with E-state index in [2.05, 4.69) is 114 Å². The predicted molar refractivity (Wildman–Crippen MR) is 143 cm³/mol. The zero-order valence-electron chi connectivity index (χ0n) is 20.3. The van der Waals surface area contributed by atoms with Gasteiger partial charge in [0.15, 0.2) is 0 Å². The molecule has 0 saturated carbocycles. The van der Waals surface area contributed by atoms with Crippen molar-refractivity contribution in [1.82, 2.24) is 0 Å². The van der Waals surface area contributed by atoms with Crippen molar-refractivity contribution in [3.8, 4) is 0 Å². The molecule has 2 heteroatoms. The third-order valence-corrected chi connectivity index (χ3v) is 5.68. The average molecular weight is 514 g/mol. The molecule has 0 heterocycles.